The smallest absolute Gasteiger partial charge is 0.337 e. The fraction of sp³-hybridized carbons (Fsp3) is 0.364. The van der Waals surface area contributed by atoms with E-state index in [1.807, 2.05) is 0 Å². The third-order valence-corrected chi connectivity index (χ3v) is 3.10. The van der Waals surface area contributed by atoms with Crippen LogP contribution < -0.4 is 9.47 Å². The molecule has 0 heterocycles. The van der Waals surface area contributed by atoms with Gasteiger partial charge in [0, 0.05) is 5.56 Å². The van der Waals surface area contributed by atoms with E-state index < -0.39 is 17.9 Å². The van der Waals surface area contributed by atoms with E-state index in [1.54, 1.807) is 6.26 Å². The summed E-state index contributed by atoms with van der Waals surface area (Å²) in [7, 11) is 2.60. The summed E-state index contributed by atoms with van der Waals surface area (Å²) in [5.41, 5.74) is -0.183. The lowest BCUT2D eigenvalue weighted by molar-refractivity contribution is -0.147. The van der Waals surface area contributed by atoms with Gasteiger partial charge in [0.15, 0.2) is 17.6 Å². The Hall–Kier alpha value is -1.47. The molecule has 1 aromatic carbocycles. The number of rotatable bonds is 5. The highest BCUT2D eigenvalue weighted by Crippen LogP contribution is 2.43. The largest absolute Gasteiger partial charge is 0.492 e. The van der Waals surface area contributed by atoms with Gasteiger partial charge in [0.1, 0.15) is 5.82 Å². The highest BCUT2D eigenvalue weighted by atomic mass is 32.2. The quantitative estimate of drug-likeness (QED) is 0.797. The van der Waals surface area contributed by atoms with Crippen molar-refractivity contribution in [3.05, 3.63) is 17.4 Å². The Kier molecular flexibility index (Phi) is 4.80. The van der Waals surface area contributed by atoms with E-state index in [9.17, 15) is 14.3 Å². The van der Waals surface area contributed by atoms with Crippen molar-refractivity contribution in [2.75, 3.05) is 20.5 Å². The van der Waals surface area contributed by atoms with E-state index in [4.69, 9.17) is 14.6 Å². The molecule has 0 fully saturated rings. The Morgan fingerprint density at radius 1 is 1.39 bits per heavy atom. The number of aliphatic hydroxyl groups excluding tert-OH is 1. The molecule has 1 aromatic rings. The molecule has 0 saturated carbocycles. The Bertz CT molecular complexity index is 463. The Morgan fingerprint density at radius 3 is 2.33 bits per heavy atom. The molecule has 0 aliphatic carbocycles. The standard InChI is InChI=1S/C11H13FO5S/c1-16-8-5(7(13)11(14)15)4-6(12)10(18-3)9(8)17-2/h4,7,13H,1-3H3,(H,14,15). The first-order valence-corrected chi connectivity index (χ1v) is 6.09. The van der Waals surface area contributed by atoms with Gasteiger partial charge in [0.2, 0.25) is 0 Å². The molecule has 0 aromatic heterocycles. The van der Waals surface area contributed by atoms with Gasteiger partial charge in [0.05, 0.1) is 19.1 Å². The molecule has 1 atom stereocenters. The number of thioether (sulfide) groups is 1. The first-order chi connectivity index (χ1) is 8.47. The van der Waals surface area contributed by atoms with Gasteiger partial charge < -0.3 is 19.7 Å². The number of aliphatic hydroxyl groups is 1. The molecule has 0 saturated heterocycles. The van der Waals surface area contributed by atoms with Gasteiger partial charge in [0.25, 0.3) is 0 Å². The highest BCUT2D eigenvalue weighted by molar-refractivity contribution is 7.98. The van der Waals surface area contributed by atoms with Crippen LogP contribution in [0.1, 0.15) is 11.7 Å². The second-order valence-corrected chi connectivity index (χ2v) is 4.10. The zero-order chi connectivity index (χ0) is 13.9. The molecule has 100 valence electrons. The van der Waals surface area contributed by atoms with E-state index >= 15 is 0 Å². The molecule has 1 rings (SSSR count). The zero-order valence-corrected chi connectivity index (χ0v) is 10.9. The average molecular weight is 276 g/mol. The van der Waals surface area contributed by atoms with E-state index in [1.165, 1.54) is 14.2 Å². The van der Waals surface area contributed by atoms with Crippen molar-refractivity contribution in [3.8, 4) is 11.5 Å². The number of carboxylic acid groups (broad SMARTS) is 1. The number of methoxy groups -OCH3 is 2. The third kappa shape index (κ3) is 2.51. The molecular formula is C11H13FO5S. The van der Waals surface area contributed by atoms with Crippen LogP contribution in [0, 0.1) is 5.82 Å². The molecule has 7 heteroatoms. The summed E-state index contributed by atoms with van der Waals surface area (Å²) < 4.78 is 23.8. The minimum absolute atomic E-state index is 0.0122. The number of aliphatic carboxylic acids is 1. The summed E-state index contributed by atoms with van der Waals surface area (Å²) >= 11 is 1.10. The Labute approximate surface area is 108 Å². The summed E-state index contributed by atoms with van der Waals surface area (Å²) in [4.78, 5) is 10.9. The van der Waals surface area contributed by atoms with Crippen molar-refractivity contribution in [3.63, 3.8) is 0 Å². The van der Waals surface area contributed by atoms with Crippen molar-refractivity contribution in [1.82, 2.24) is 0 Å². The van der Waals surface area contributed by atoms with Crippen LogP contribution in [0.4, 0.5) is 4.39 Å². The van der Waals surface area contributed by atoms with E-state index in [-0.39, 0.29) is 22.0 Å². The summed E-state index contributed by atoms with van der Waals surface area (Å²) in [5.74, 6) is -2.08. The van der Waals surface area contributed by atoms with Crippen LogP contribution in [0.3, 0.4) is 0 Å². The van der Waals surface area contributed by atoms with Gasteiger partial charge in [-0.1, -0.05) is 0 Å². The van der Waals surface area contributed by atoms with Crippen LogP contribution in [-0.2, 0) is 4.79 Å². The fourth-order valence-corrected chi connectivity index (χ4v) is 2.15. The van der Waals surface area contributed by atoms with Crippen molar-refractivity contribution >= 4 is 17.7 Å². The predicted octanol–water partition coefficient (Wildman–Crippen LogP) is 1.68. The normalized spacial score (nSPS) is 12.1. The molecule has 0 radical (unpaired) electrons. The first kappa shape index (κ1) is 14.6. The lowest BCUT2D eigenvalue weighted by Crippen LogP contribution is -2.13. The minimum atomic E-state index is -1.88. The molecule has 0 aliphatic rings. The lowest BCUT2D eigenvalue weighted by atomic mass is 10.1. The molecule has 0 spiro atoms. The number of halogens is 1. The second kappa shape index (κ2) is 5.92. The predicted molar refractivity (Wildman–Crippen MR) is 63.9 cm³/mol. The number of hydrogen-bond acceptors (Lipinski definition) is 5. The summed E-state index contributed by atoms with van der Waals surface area (Å²) in [6.07, 6.45) is -0.229. The molecule has 5 nitrogen and oxygen atoms in total. The van der Waals surface area contributed by atoms with Gasteiger partial charge in [-0.05, 0) is 12.3 Å². The zero-order valence-electron chi connectivity index (χ0n) is 10.1. The summed E-state index contributed by atoms with van der Waals surface area (Å²) in [6.45, 7) is 0. The van der Waals surface area contributed by atoms with Crippen LogP contribution >= 0.6 is 11.8 Å². The fourth-order valence-electron chi connectivity index (χ4n) is 1.53. The van der Waals surface area contributed by atoms with Gasteiger partial charge in [-0.25, -0.2) is 9.18 Å². The van der Waals surface area contributed by atoms with Crippen molar-refractivity contribution in [2.45, 2.75) is 11.0 Å². The number of hydrogen-bond donors (Lipinski definition) is 2. The van der Waals surface area contributed by atoms with Crippen LogP contribution in [0.5, 0.6) is 11.5 Å². The van der Waals surface area contributed by atoms with Crippen molar-refractivity contribution < 1.29 is 28.9 Å². The lowest BCUT2D eigenvalue weighted by Gasteiger charge is -2.17. The Morgan fingerprint density at radius 2 is 1.94 bits per heavy atom. The maximum Gasteiger partial charge on any atom is 0.337 e. The van der Waals surface area contributed by atoms with Crippen molar-refractivity contribution in [2.24, 2.45) is 0 Å². The number of ether oxygens (including phenoxy) is 2. The molecule has 18 heavy (non-hydrogen) atoms. The van der Waals surface area contributed by atoms with Crippen LogP contribution in [0.2, 0.25) is 0 Å². The molecule has 0 amide bonds. The van der Waals surface area contributed by atoms with Crippen molar-refractivity contribution in [1.29, 1.82) is 0 Å². The first-order valence-electron chi connectivity index (χ1n) is 4.87. The topological polar surface area (TPSA) is 76.0 Å². The van der Waals surface area contributed by atoms with E-state index in [0.29, 0.717) is 0 Å². The maximum absolute atomic E-state index is 13.8. The monoisotopic (exact) mass is 276 g/mol. The molecule has 2 N–H and O–H groups in total. The Balaban J connectivity index is 3.53. The molecule has 1 unspecified atom stereocenters. The summed E-state index contributed by atoms with van der Waals surface area (Å²) in [5, 5.41) is 18.3. The number of benzene rings is 1. The van der Waals surface area contributed by atoms with Crippen LogP contribution in [0.25, 0.3) is 0 Å². The van der Waals surface area contributed by atoms with Gasteiger partial charge in [-0.2, -0.15) is 0 Å². The van der Waals surface area contributed by atoms with E-state index in [2.05, 4.69) is 0 Å². The van der Waals surface area contributed by atoms with Gasteiger partial charge in [-0.15, -0.1) is 11.8 Å². The molecular weight excluding hydrogens is 263 g/mol. The SMILES string of the molecule is COc1c(C(O)C(=O)O)cc(F)c(SC)c1OC. The number of carbonyl (C=O) groups is 1. The molecule has 0 bridgehead atoms. The summed E-state index contributed by atoms with van der Waals surface area (Å²) in [6, 6.07) is 0.936. The maximum atomic E-state index is 13.8. The van der Waals surface area contributed by atoms with Gasteiger partial charge >= 0.3 is 5.97 Å². The minimum Gasteiger partial charge on any atom is -0.492 e. The molecule has 0 aliphatic heterocycles. The second-order valence-electron chi connectivity index (χ2n) is 3.29. The third-order valence-electron chi connectivity index (χ3n) is 2.31. The van der Waals surface area contributed by atoms with Gasteiger partial charge in [-0.3, -0.25) is 0 Å². The van der Waals surface area contributed by atoms with Crippen LogP contribution in [0.15, 0.2) is 11.0 Å². The van der Waals surface area contributed by atoms with Crippen LogP contribution in [-0.4, -0.2) is 36.7 Å². The highest BCUT2D eigenvalue weighted by Gasteiger charge is 2.27. The van der Waals surface area contributed by atoms with E-state index in [0.717, 1.165) is 17.8 Å². The average Bonchev–Trinajstić information content (AvgIpc) is 2.35. The number of carboxylic acids is 1.